The van der Waals surface area contributed by atoms with Gasteiger partial charge in [-0.25, -0.2) is 0 Å². The van der Waals surface area contributed by atoms with Crippen molar-refractivity contribution in [2.75, 3.05) is 0 Å². The molecule has 1 saturated heterocycles. The third-order valence-corrected chi connectivity index (χ3v) is 6.08. The number of benzene rings is 1. The predicted octanol–water partition coefficient (Wildman–Crippen LogP) is 2.80. The Morgan fingerprint density at radius 1 is 1.26 bits per heavy atom. The number of halogens is 1. The molecule has 0 radical (unpaired) electrons. The number of hydrogen-bond acceptors (Lipinski definition) is 3. The predicted molar refractivity (Wildman–Crippen MR) is 85.4 cm³/mol. The standard InChI is InChI=1S/C17H19ClN2O3/c1-16(2)11-8-9-17(16,3)15(23)20(14(11)22)19-13(21)10-6-4-5-7-12(10)18/h4-7,11H,8-9H2,1-3H3,(H,19,21)/t11-,17+/m1/s1. The summed E-state index contributed by atoms with van der Waals surface area (Å²) in [5.74, 6) is -1.51. The highest BCUT2D eigenvalue weighted by atomic mass is 35.5. The van der Waals surface area contributed by atoms with Crippen LogP contribution in [0.25, 0.3) is 0 Å². The Hall–Kier alpha value is -1.88. The molecule has 2 fully saturated rings. The third-order valence-electron chi connectivity index (χ3n) is 5.75. The van der Waals surface area contributed by atoms with Crippen LogP contribution >= 0.6 is 11.6 Å². The maximum atomic E-state index is 12.8. The van der Waals surface area contributed by atoms with Gasteiger partial charge < -0.3 is 0 Å². The molecule has 0 unspecified atom stereocenters. The van der Waals surface area contributed by atoms with E-state index in [1.54, 1.807) is 24.3 Å². The van der Waals surface area contributed by atoms with Gasteiger partial charge in [0.05, 0.1) is 16.0 Å². The zero-order valence-corrected chi connectivity index (χ0v) is 14.1. The van der Waals surface area contributed by atoms with E-state index in [-0.39, 0.29) is 28.3 Å². The molecule has 6 heteroatoms. The molecule has 5 nitrogen and oxygen atoms in total. The number of fused-ring (bicyclic) bond motifs is 2. The molecule has 0 spiro atoms. The van der Waals surface area contributed by atoms with E-state index in [0.717, 1.165) is 5.01 Å². The first-order valence-corrected chi connectivity index (χ1v) is 8.02. The highest BCUT2D eigenvalue weighted by Gasteiger charge is 2.64. The van der Waals surface area contributed by atoms with Crippen molar-refractivity contribution in [2.45, 2.75) is 33.6 Å². The second-order valence-electron chi connectivity index (χ2n) is 7.04. The van der Waals surface area contributed by atoms with Crippen molar-refractivity contribution in [3.8, 4) is 0 Å². The van der Waals surface area contributed by atoms with Gasteiger partial charge in [-0.15, -0.1) is 0 Å². The van der Waals surface area contributed by atoms with Crippen LogP contribution in [-0.4, -0.2) is 22.7 Å². The van der Waals surface area contributed by atoms with E-state index in [9.17, 15) is 14.4 Å². The number of amides is 3. The minimum Gasteiger partial charge on any atom is -0.272 e. The van der Waals surface area contributed by atoms with E-state index in [2.05, 4.69) is 5.43 Å². The smallest absolute Gasteiger partial charge is 0.271 e. The maximum absolute atomic E-state index is 12.8. The Morgan fingerprint density at radius 2 is 1.91 bits per heavy atom. The molecule has 1 heterocycles. The van der Waals surface area contributed by atoms with E-state index >= 15 is 0 Å². The van der Waals surface area contributed by atoms with Crippen LogP contribution in [0, 0.1) is 16.7 Å². The molecular weight excluding hydrogens is 316 g/mol. The molecule has 2 aliphatic rings. The molecule has 1 N–H and O–H groups in total. The van der Waals surface area contributed by atoms with Crippen molar-refractivity contribution in [1.29, 1.82) is 0 Å². The van der Waals surface area contributed by atoms with Crippen LogP contribution < -0.4 is 5.43 Å². The summed E-state index contributed by atoms with van der Waals surface area (Å²) >= 11 is 6.00. The summed E-state index contributed by atoms with van der Waals surface area (Å²) in [4.78, 5) is 37.9. The van der Waals surface area contributed by atoms with E-state index in [4.69, 9.17) is 11.6 Å². The Labute approximate surface area is 140 Å². The third kappa shape index (κ3) is 2.10. The zero-order chi connectivity index (χ0) is 17.0. The van der Waals surface area contributed by atoms with Crippen LogP contribution in [0.1, 0.15) is 44.0 Å². The van der Waals surface area contributed by atoms with Crippen LogP contribution in [0.3, 0.4) is 0 Å². The molecule has 23 heavy (non-hydrogen) atoms. The van der Waals surface area contributed by atoms with E-state index in [1.165, 1.54) is 0 Å². The minimum absolute atomic E-state index is 0.233. The summed E-state index contributed by atoms with van der Waals surface area (Å²) < 4.78 is 0. The highest BCUT2D eigenvalue weighted by molar-refractivity contribution is 6.33. The van der Waals surface area contributed by atoms with Crippen LogP contribution in [0.2, 0.25) is 5.02 Å². The van der Waals surface area contributed by atoms with Crippen LogP contribution in [0.4, 0.5) is 0 Å². The molecule has 1 aromatic rings. The first-order chi connectivity index (χ1) is 10.7. The fourth-order valence-corrected chi connectivity index (χ4v) is 3.95. The lowest BCUT2D eigenvalue weighted by atomic mass is 9.63. The van der Waals surface area contributed by atoms with Crippen molar-refractivity contribution in [3.63, 3.8) is 0 Å². The Bertz CT molecular complexity index is 716. The van der Waals surface area contributed by atoms with Gasteiger partial charge in [0, 0.05) is 5.92 Å². The number of hydrogen-bond donors (Lipinski definition) is 1. The molecule has 3 rings (SSSR count). The Kier molecular flexibility index (Phi) is 3.52. The van der Waals surface area contributed by atoms with Crippen molar-refractivity contribution in [1.82, 2.24) is 10.4 Å². The molecule has 122 valence electrons. The number of hydrazine groups is 1. The first kappa shape index (κ1) is 16.0. The fourth-order valence-electron chi connectivity index (χ4n) is 3.73. The van der Waals surface area contributed by atoms with Crippen LogP contribution in [0.15, 0.2) is 24.3 Å². The largest absolute Gasteiger partial charge is 0.272 e. The topological polar surface area (TPSA) is 66.5 Å². The molecule has 1 saturated carbocycles. The lowest BCUT2D eigenvalue weighted by molar-refractivity contribution is -0.171. The van der Waals surface area contributed by atoms with Crippen LogP contribution in [0.5, 0.6) is 0 Å². The van der Waals surface area contributed by atoms with E-state index in [1.807, 2.05) is 20.8 Å². The maximum Gasteiger partial charge on any atom is 0.271 e. The number of carbonyl (C=O) groups is 3. The molecular formula is C17H19ClN2O3. The quantitative estimate of drug-likeness (QED) is 0.846. The summed E-state index contributed by atoms with van der Waals surface area (Å²) in [5.41, 5.74) is 1.62. The van der Waals surface area contributed by atoms with Gasteiger partial charge in [-0.05, 0) is 30.4 Å². The van der Waals surface area contributed by atoms with Gasteiger partial charge in [0.25, 0.3) is 17.7 Å². The molecule has 0 aromatic heterocycles. The lowest BCUT2D eigenvalue weighted by Gasteiger charge is -2.47. The monoisotopic (exact) mass is 334 g/mol. The van der Waals surface area contributed by atoms with Crippen molar-refractivity contribution in [3.05, 3.63) is 34.9 Å². The number of rotatable bonds is 2. The summed E-state index contributed by atoms with van der Waals surface area (Å²) in [6.45, 7) is 5.78. The van der Waals surface area contributed by atoms with Gasteiger partial charge >= 0.3 is 0 Å². The first-order valence-electron chi connectivity index (χ1n) is 7.64. The summed E-state index contributed by atoms with van der Waals surface area (Å²) in [5, 5.41) is 1.17. The van der Waals surface area contributed by atoms with Crippen molar-refractivity contribution >= 4 is 29.3 Å². The van der Waals surface area contributed by atoms with Gasteiger partial charge in [-0.1, -0.05) is 44.5 Å². The molecule has 2 bridgehead atoms. The average Bonchev–Trinajstić information content (AvgIpc) is 2.69. The number of nitrogens with zero attached hydrogens (tertiary/aromatic N) is 1. The van der Waals surface area contributed by atoms with Crippen LogP contribution in [-0.2, 0) is 9.59 Å². The van der Waals surface area contributed by atoms with Crippen molar-refractivity contribution in [2.24, 2.45) is 16.7 Å². The summed E-state index contributed by atoms with van der Waals surface area (Å²) in [7, 11) is 0. The van der Waals surface area contributed by atoms with E-state index < -0.39 is 16.7 Å². The summed E-state index contributed by atoms with van der Waals surface area (Å²) in [6, 6.07) is 6.52. The SMILES string of the molecule is CC1(C)[C@@H]2CC[C@@]1(C)C(=O)N(NC(=O)c1ccccc1Cl)C2=O. The van der Waals surface area contributed by atoms with Gasteiger partial charge in [0.1, 0.15) is 0 Å². The number of imide groups is 1. The number of piperidine rings is 1. The number of nitrogens with one attached hydrogen (secondary N) is 1. The molecule has 1 aromatic carbocycles. The minimum atomic E-state index is -0.653. The highest BCUT2D eigenvalue weighted by Crippen LogP contribution is 2.59. The molecule has 2 atom stereocenters. The second kappa shape index (κ2) is 5.06. The second-order valence-corrected chi connectivity index (χ2v) is 7.45. The van der Waals surface area contributed by atoms with Crippen molar-refractivity contribution < 1.29 is 14.4 Å². The van der Waals surface area contributed by atoms with E-state index in [0.29, 0.717) is 12.8 Å². The van der Waals surface area contributed by atoms with Gasteiger partial charge in [-0.2, -0.15) is 5.01 Å². The van der Waals surface area contributed by atoms with Gasteiger partial charge in [0.2, 0.25) is 0 Å². The Balaban J connectivity index is 1.90. The zero-order valence-electron chi connectivity index (χ0n) is 13.4. The molecule has 1 aliphatic carbocycles. The van der Waals surface area contributed by atoms with Gasteiger partial charge in [0.15, 0.2) is 0 Å². The fraction of sp³-hybridized carbons (Fsp3) is 0.471. The van der Waals surface area contributed by atoms with Gasteiger partial charge in [-0.3, -0.25) is 19.8 Å². The average molecular weight is 335 g/mol. The summed E-state index contributed by atoms with van der Waals surface area (Å²) in [6.07, 6.45) is 1.31. The normalized spacial score (nSPS) is 28.9. The Morgan fingerprint density at radius 3 is 2.57 bits per heavy atom. The molecule has 3 amide bonds. The number of carbonyl (C=O) groups excluding carboxylic acids is 3. The molecule has 1 aliphatic heterocycles. The lowest BCUT2D eigenvalue weighted by Crippen LogP contribution is -2.64.